The summed E-state index contributed by atoms with van der Waals surface area (Å²) in [7, 11) is 1.59. The van der Waals surface area contributed by atoms with Crippen molar-refractivity contribution >= 4 is 19.7 Å². The van der Waals surface area contributed by atoms with Gasteiger partial charge in [-0.1, -0.05) is 6.07 Å². The first kappa shape index (κ1) is 14.8. The zero-order valence-corrected chi connectivity index (χ0v) is 12.5. The Kier molecular flexibility index (Phi) is 4.62. The second kappa shape index (κ2) is 6.24. The standard InChI is InChI=1S/C14H14ClNO3S/c1-11-10-13(20(15,17)18)5-6-14(11)19-9-7-12-4-2-3-8-16-12/h2-6,8,10H,7,9H2,1H3. The van der Waals surface area contributed by atoms with Crippen molar-refractivity contribution in [1.29, 1.82) is 0 Å². The molecule has 1 aromatic heterocycles. The Hall–Kier alpha value is -1.59. The molecule has 0 atom stereocenters. The topological polar surface area (TPSA) is 56.3 Å². The van der Waals surface area contributed by atoms with Crippen molar-refractivity contribution in [3.63, 3.8) is 0 Å². The van der Waals surface area contributed by atoms with E-state index in [-0.39, 0.29) is 4.90 Å². The molecule has 6 heteroatoms. The molecule has 0 aliphatic heterocycles. The first-order valence-electron chi connectivity index (χ1n) is 6.05. The number of rotatable bonds is 5. The van der Waals surface area contributed by atoms with Crippen LogP contribution in [0.1, 0.15) is 11.3 Å². The second-order valence-corrected chi connectivity index (χ2v) is 6.85. The van der Waals surface area contributed by atoms with Gasteiger partial charge in [0.2, 0.25) is 0 Å². The molecule has 106 valence electrons. The zero-order valence-electron chi connectivity index (χ0n) is 10.9. The Morgan fingerprint density at radius 3 is 2.65 bits per heavy atom. The van der Waals surface area contributed by atoms with Crippen LogP contribution in [0.5, 0.6) is 5.75 Å². The molecule has 0 aliphatic carbocycles. The monoisotopic (exact) mass is 311 g/mol. The lowest BCUT2D eigenvalue weighted by Crippen LogP contribution is -2.04. The van der Waals surface area contributed by atoms with Crippen LogP contribution in [0.25, 0.3) is 0 Å². The Morgan fingerprint density at radius 2 is 2.05 bits per heavy atom. The van der Waals surface area contributed by atoms with E-state index in [9.17, 15) is 8.42 Å². The van der Waals surface area contributed by atoms with E-state index in [0.717, 1.165) is 11.3 Å². The van der Waals surface area contributed by atoms with Gasteiger partial charge in [0.1, 0.15) is 5.75 Å². The molecule has 20 heavy (non-hydrogen) atoms. The van der Waals surface area contributed by atoms with Crippen LogP contribution in [-0.2, 0) is 15.5 Å². The minimum Gasteiger partial charge on any atom is -0.493 e. The molecule has 0 aliphatic rings. The van der Waals surface area contributed by atoms with E-state index >= 15 is 0 Å². The van der Waals surface area contributed by atoms with E-state index < -0.39 is 9.05 Å². The fourth-order valence-corrected chi connectivity index (χ4v) is 2.58. The van der Waals surface area contributed by atoms with Crippen molar-refractivity contribution in [2.24, 2.45) is 0 Å². The smallest absolute Gasteiger partial charge is 0.261 e. The van der Waals surface area contributed by atoms with Crippen molar-refractivity contribution in [2.75, 3.05) is 6.61 Å². The van der Waals surface area contributed by atoms with Gasteiger partial charge < -0.3 is 4.74 Å². The molecule has 4 nitrogen and oxygen atoms in total. The van der Waals surface area contributed by atoms with E-state index in [1.54, 1.807) is 19.2 Å². The third kappa shape index (κ3) is 3.95. The molecular weight excluding hydrogens is 298 g/mol. The van der Waals surface area contributed by atoms with Crippen LogP contribution in [0.15, 0.2) is 47.5 Å². The molecule has 2 aromatic rings. The molecule has 1 aromatic carbocycles. The van der Waals surface area contributed by atoms with E-state index in [1.807, 2.05) is 18.2 Å². The number of hydrogen-bond acceptors (Lipinski definition) is 4. The summed E-state index contributed by atoms with van der Waals surface area (Å²) in [6.07, 6.45) is 2.43. The maximum Gasteiger partial charge on any atom is 0.261 e. The van der Waals surface area contributed by atoms with Crippen molar-refractivity contribution in [1.82, 2.24) is 4.98 Å². The predicted molar refractivity (Wildman–Crippen MR) is 77.7 cm³/mol. The summed E-state index contributed by atoms with van der Waals surface area (Å²) in [4.78, 5) is 4.28. The molecular formula is C14H14ClNO3S. The maximum atomic E-state index is 11.2. The van der Waals surface area contributed by atoms with E-state index in [4.69, 9.17) is 15.4 Å². The highest BCUT2D eigenvalue weighted by Gasteiger charge is 2.11. The van der Waals surface area contributed by atoms with Crippen LogP contribution in [0.4, 0.5) is 0 Å². The van der Waals surface area contributed by atoms with Crippen molar-refractivity contribution in [3.8, 4) is 5.75 Å². The number of aromatic nitrogens is 1. The van der Waals surface area contributed by atoms with Gasteiger partial charge in [0.15, 0.2) is 0 Å². The first-order valence-corrected chi connectivity index (χ1v) is 8.36. The van der Waals surface area contributed by atoms with Crippen LogP contribution in [0.3, 0.4) is 0 Å². The van der Waals surface area contributed by atoms with Crippen molar-refractivity contribution in [3.05, 3.63) is 53.9 Å². The highest BCUT2D eigenvalue weighted by molar-refractivity contribution is 8.13. The lowest BCUT2D eigenvalue weighted by Gasteiger charge is -2.09. The van der Waals surface area contributed by atoms with Crippen molar-refractivity contribution < 1.29 is 13.2 Å². The highest BCUT2D eigenvalue weighted by Crippen LogP contribution is 2.23. The lowest BCUT2D eigenvalue weighted by atomic mass is 10.2. The third-order valence-corrected chi connectivity index (χ3v) is 4.12. The molecule has 0 N–H and O–H groups in total. The number of nitrogens with zero attached hydrogens (tertiary/aromatic N) is 1. The fourth-order valence-electron chi connectivity index (χ4n) is 1.75. The summed E-state index contributed by atoms with van der Waals surface area (Å²) in [6, 6.07) is 10.3. The van der Waals surface area contributed by atoms with Gasteiger partial charge in [-0.05, 0) is 42.8 Å². The largest absolute Gasteiger partial charge is 0.493 e. The Morgan fingerprint density at radius 1 is 1.25 bits per heavy atom. The van der Waals surface area contributed by atoms with Gasteiger partial charge in [0.25, 0.3) is 9.05 Å². The van der Waals surface area contributed by atoms with Gasteiger partial charge in [-0.25, -0.2) is 8.42 Å². The van der Waals surface area contributed by atoms with Gasteiger partial charge in [-0.15, -0.1) is 0 Å². The molecule has 0 saturated heterocycles. The molecule has 0 amide bonds. The summed E-state index contributed by atoms with van der Waals surface area (Å²) >= 11 is 0. The van der Waals surface area contributed by atoms with Crippen LogP contribution in [-0.4, -0.2) is 20.0 Å². The molecule has 0 saturated carbocycles. The number of aryl methyl sites for hydroxylation is 1. The predicted octanol–water partition coefficient (Wildman–Crippen LogP) is 2.94. The summed E-state index contributed by atoms with van der Waals surface area (Å²) in [5.41, 5.74) is 1.68. The summed E-state index contributed by atoms with van der Waals surface area (Å²) in [6.45, 7) is 2.26. The molecule has 0 radical (unpaired) electrons. The zero-order chi connectivity index (χ0) is 14.6. The Bertz CT molecular complexity index is 687. The minimum absolute atomic E-state index is 0.0775. The van der Waals surface area contributed by atoms with Crippen LogP contribution in [0, 0.1) is 6.92 Å². The molecule has 2 rings (SSSR count). The Labute approximate surface area is 122 Å². The third-order valence-electron chi connectivity index (χ3n) is 2.77. The van der Waals surface area contributed by atoms with Crippen LogP contribution >= 0.6 is 10.7 Å². The van der Waals surface area contributed by atoms with Gasteiger partial charge in [-0.2, -0.15) is 0 Å². The van der Waals surface area contributed by atoms with Crippen molar-refractivity contribution in [2.45, 2.75) is 18.2 Å². The minimum atomic E-state index is -3.70. The Balaban J connectivity index is 2.00. The van der Waals surface area contributed by atoms with Gasteiger partial charge in [-0.3, -0.25) is 4.98 Å². The lowest BCUT2D eigenvalue weighted by molar-refractivity contribution is 0.318. The number of pyridine rings is 1. The normalized spacial score (nSPS) is 11.3. The number of hydrogen-bond donors (Lipinski definition) is 0. The van der Waals surface area contributed by atoms with Gasteiger partial charge in [0.05, 0.1) is 11.5 Å². The molecule has 1 heterocycles. The van der Waals surface area contributed by atoms with E-state index in [2.05, 4.69) is 4.98 Å². The van der Waals surface area contributed by atoms with Gasteiger partial charge >= 0.3 is 0 Å². The summed E-state index contributed by atoms with van der Waals surface area (Å²) in [5.74, 6) is 0.644. The van der Waals surface area contributed by atoms with Gasteiger partial charge in [0, 0.05) is 29.0 Å². The number of halogens is 1. The second-order valence-electron chi connectivity index (χ2n) is 4.28. The van der Waals surface area contributed by atoms with Crippen LogP contribution in [0.2, 0.25) is 0 Å². The average Bonchev–Trinajstić information content (AvgIpc) is 2.40. The number of benzene rings is 1. The summed E-state index contributed by atoms with van der Waals surface area (Å²) < 4.78 is 28.1. The molecule has 0 unspecified atom stereocenters. The highest BCUT2D eigenvalue weighted by atomic mass is 35.7. The molecule has 0 fully saturated rings. The molecule has 0 bridgehead atoms. The van der Waals surface area contributed by atoms with E-state index in [1.165, 1.54) is 12.1 Å². The maximum absolute atomic E-state index is 11.2. The van der Waals surface area contributed by atoms with Crippen LogP contribution < -0.4 is 4.74 Å². The summed E-state index contributed by atoms with van der Waals surface area (Å²) in [5, 5.41) is 0. The average molecular weight is 312 g/mol. The first-order chi connectivity index (χ1) is 9.47. The fraction of sp³-hybridized carbons (Fsp3) is 0.214. The molecule has 0 spiro atoms. The van der Waals surface area contributed by atoms with E-state index in [0.29, 0.717) is 18.8 Å². The quantitative estimate of drug-likeness (QED) is 0.797. The SMILES string of the molecule is Cc1cc(S(=O)(=O)Cl)ccc1OCCc1ccccn1. The number of ether oxygens (including phenoxy) is 1.